The Hall–Kier alpha value is -1.69. The summed E-state index contributed by atoms with van der Waals surface area (Å²) in [6.45, 7) is 2.53. The van der Waals surface area contributed by atoms with E-state index in [1.54, 1.807) is 12.5 Å². The lowest BCUT2D eigenvalue weighted by Crippen LogP contribution is -2.35. The van der Waals surface area contributed by atoms with Gasteiger partial charge in [-0.05, 0) is 41.1 Å². The molecule has 0 fully saturated rings. The van der Waals surface area contributed by atoms with Crippen LogP contribution in [0, 0.1) is 5.82 Å². The number of hydrogen-bond donors (Lipinski definition) is 1. The molecular weight excluding hydrogens is 313 g/mol. The van der Waals surface area contributed by atoms with Gasteiger partial charge in [0.1, 0.15) is 5.82 Å². The fraction of sp³-hybridized carbons (Fsp3) is 0.231. The normalized spacial score (nSPS) is 12.2. The molecule has 0 spiro atoms. The van der Waals surface area contributed by atoms with Crippen molar-refractivity contribution in [1.29, 1.82) is 0 Å². The molecule has 0 aliphatic rings. The third-order valence-corrected chi connectivity index (χ3v) is 3.25. The molecule has 1 atom stereocenters. The van der Waals surface area contributed by atoms with E-state index in [4.69, 9.17) is 0 Å². The highest BCUT2D eigenvalue weighted by Crippen LogP contribution is 2.18. The molecule has 1 heterocycles. The fourth-order valence-corrected chi connectivity index (χ4v) is 2.26. The lowest BCUT2D eigenvalue weighted by Gasteiger charge is -2.15. The maximum absolute atomic E-state index is 13.0. The molecule has 0 saturated carbocycles. The first-order valence-corrected chi connectivity index (χ1v) is 6.57. The summed E-state index contributed by atoms with van der Waals surface area (Å²) in [6.07, 6.45) is 5.21. The van der Waals surface area contributed by atoms with Crippen LogP contribution in [0.3, 0.4) is 0 Å². The highest BCUT2D eigenvalue weighted by atomic mass is 79.9. The first kappa shape index (κ1) is 13.7. The predicted molar refractivity (Wildman–Crippen MR) is 73.3 cm³/mol. The average Bonchev–Trinajstić information content (AvgIpc) is 2.81. The van der Waals surface area contributed by atoms with Crippen LogP contribution in [0.25, 0.3) is 0 Å². The number of halogens is 2. The van der Waals surface area contributed by atoms with Crippen LogP contribution in [0.4, 0.5) is 4.39 Å². The topological polar surface area (TPSA) is 46.9 Å². The summed E-state index contributed by atoms with van der Waals surface area (Å²) in [7, 11) is 0. The lowest BCUT2D eigenvalue weighted by atomic mass is 10.2. The van der Waals surface area contributed by atoms with Crippen molar-refractivity contribution in [3.63, 3.8) is 0 Å². The third-order valence-electron chi connectivity index (χ3n) is 2.60. The molecule has 1 aromatic carbocycles. The van der Waals surface area contributed by atoms with Gasteiger partial charge in [-0.1, -0.05) is 0 Å². The number of hydrogen-bond acceptors (Lipinski definition) is 2. The standard InChI is InChI=1S/C13H13BrFN3O/c1-9(7-18-5-4-16-8-18)17-13(19)11-3-2-10(15)6-12(11)14/h2-6,8-9H,7H2,1H3,(H,17,19). The van der Waals surface area contributed by atoms with E-state index in [1.807, 2.05) is 17.7 Å². The van der Waals surface area contributed by atoms with E-state index in [1.165, 1.54) is 18.2 Å². The summed E-state index contributed by atoms with van der Waals surface area (Å²) in [5, 5.41) is 2.85. The van der Waals surface area contributed by atoms with Gasteiger partial charge in [-0.15, -0.1) is 0 Å². The molecule has 0 aliphatic carbocycles. The van der Waals surface area contributed by atoms with Crippen LogP contribution < -0.4 is 5.32 Å². The summed E-state index contributed by atoms with van der Waals surface area (Å²) in [6, 6.07) is 3.94. The smallest absolute Gasteiger partial charge is 0.252 e. The van der Waals surface area contributed by atoms with Crippen molar-refractivity contribution < 1.29 is 9.18 Å². The van der Waals surface area contributed by atoms with E-state index >= 15 is 0 Å². The molecule has 2 aromatic rings. The van der Waals surface area contributed by atoms with Gasteiger partial charge in [-0.3, -0.25) is 4.79 Å². The van der Waals surface area contributed by atoms with Gasteiger partial charge in [0, 0.05) is 29.5 Å². The summed E-state index contributed by atoms with van der Waals surface area (Å²) >= 11 is 3.18. The van der Waals surface area contributed by atoms with E-state index in [2.05, 4.69) is 26.2 Å². The summed E-state index contributed by atoms with van der Waals surface area (Å²) in [5.41, 5.74) is 0.416. The van der Waals surface area contributed by atoms with Crippen molar-refractivity contribution in [2.24, 2.45) is 0 Å². The maximum atomic E-state index is 13.0. The quantitative estimate of drug-likeness (QED) is 0.939. The summed E-state index contributed by atoms with van der Waals surface area (Å²) in [5.74, 6) is -0.616. The Kier molecular flexibility index (Phi) is 4.31. The molecular formula is C13H13BrFN3O. The Morgan fingerprint density at radius 2 is 2.37 bits per heavy atom. The van der Waals surface area contributed by atoms with Crippen molar-refractivity contribution in [3.8, 4) is 0 Å². The molecule has 19 heavy (non-hydrogen) atoms. The average molecular weight is 326 g/mol. The number of aromatic nitrogens is 2. The molecule has 0 radical (unpaired) electrons. The third kappa shape index (κ3) is 3.64. The molecule has 1 amide bonds. The number of carbonyl (C=O) groups excluding carboxylic acids is 1. The molecule has 2 rings (SSSR count). The van der Waals surface area contributed by atoms with Gasteiger partial charge >= 0.3 is 0 Å². The zero-order valence-electron chi connectivity index (χ0n) is 10.3. The van der Waals surface area contributed by atoms with Crippen molar-refractivity contribution >= 4 is 21.8 Å². The Morgan fingerprint density at radius 1 is 1.58 bits per heavy atom. The maximum Gasteiger partial charge on any atom is 0.252 e. The molecule has 1 N–H and O–H groups in total. The van der Waals surface area contributed by atoms with Crippen molar-refractivity contribution in [2.75, 3.05) is 0 Å². The zero-order valence-corrected chi connectivity index (χ0v) is 11.9. The lowest BCUT2D eigenvalue weighted by molar-refractivity contribution is 0.0936. The van der Waals surface area contributed by atoms with E-state index in [-0.39, 0.29) is 17.8 Å². The minimum atomic E-state index is -0.380. The molecule has 0 bridgehead atoms. The second-order valence-corrected chi connectivity index (χ2v) is 5.11. The first-order valence-electron chi connectivity index (χ1n) is 5.78. The molecule has 0 aliphatic heterocycles. The summed E-state index contributed by atoms with van der Waals surface area (Å²) < 4.78 is 15.3. The number of carbonyl (C=O) groups is 1. The van der Waals surface area contributed by atoms with Gasteiger partial charge in [0.25, 0.3) is 5.91 Å². The SMILES string of the molecule is CC(Cn1ccnc1)NC(=O)c1ccc(F)cc1Br. The van der Waals surface area contributed by atoms with Crippen molar-refractivity contribution in [2.45, 2.75) is 19.5 Å². The Bertz CT molecular complexity index is 571. The number of rotatable bonds is 4. The molecule has 1 aromatic heterocycles. The second kappa shape index (κ2) is 5.97. The minimum Gasteiger partial charge on any atom is -0.348 e. The van der Waals surface area contributed by atoms with Crippen LogP contribution in [0.5, 0.6) is 0 Å². The van der Waals surface area contributed by atoms with Crippen molar-refractivity contribution in [1.82, 2.24) is 14.9 Å². The van der Waals surface area contributed by atoms with Gasteiger partial charge in [0.15, 0.2) is 0 Å². The second-order valence-electron chi connectivity index (χ2n) is 4.26. The molecule has 100 valence electrons. The molecule has 0 saturated heterocycles. The Balaban J connectivity index is 2.00. The zero-order chi connectivity index (χ0) is 13.8. The summed E-state index contributed by atoms with van der Waals surface area (Å²) in [4.78, 5) is 16.0. The van der Waals surface area contributed by atoms with Crippen LogP contribution >= 0.6 is 15.9 Å². The number of benzene rings is 1. The van der Waals surface area contributed by atoms with Crippen LogP contribution in [-0.2, 0) is 6.54 Å². The predicted octanol–water partition coefficient (Wildman–Crippen LogP) is 2.60. The highest BCUT2D eigenvalue weighted by Gasteiger charge is 2.13. The van der Waals surface area contributed by atoms with E-state index in [0.29, 0.717) is 16.6 Å². The molecule has 1 unspecified atom stereocenters. The number of amides is 1. The van der Waals surface area contributed by atoms with Crippen LogP contribution in [0.1, 0.15) is 17.3 Å². The van der Waals surface area contributed by atoms with Crippen LogP contribution in [-0.4, -0.2) is 21.5 Å². The fourth-order valence-electron chi connectivity index (χ4n) is 1.73. The monoisotopic (exact) mass is 325 g/mol. The van der Waals surface area contributed by atoms with Crippen LogP contribution in [0.15, 0.2) is 41.4 Å². The molecule has 6 heteroatoms. The van der Waals surface area contributed by atoms with E-state index in [0.717, 1.165) is 0 Å². The highest BCUT2D eigenvalue weighted by molar-refractivity contribution is 9.10. The number of nitrogens with zero attached hydrogens (tertiary/aromatic N) is 2. The first-order chi connectivity index (χ1) is 9.06. The van der Waals surface area contributed by atoms with Gasteiger partial charge in [-0.25, -0.2) is 9.37 Å². The van der Waals surface area contributed by atoms with Crippen LogP contribution in [0.2, 0.25) is 0 Å². The van der Waals surface area contributed by atoms with Gasteiger partial charge in [-0.2, -0.15) is 0 Å². The molecule has 4 nitrogen and oxygen atoms in total. The number of nitrogens with one attached hydrogen (secondary N) is 1. The number of imidazole rings is 1. The van der Waals surface area contributed by atoms with Gasteiger partial charge < -0.3 is 9.88 Å². The largest absolute Gasteiger partial charge is 0.348 e. The Labute approximate surface area is 118 Å². The van der Waals surface area contributed by atoms with Gasteiger partial charge in [0.05, 0.1) is 11.9 Å². The van der Waals surface area contributed by atoms with E-state index in [9.17, 15) is 9.18 Å². The van der Waals surface area contributed by atoms with Crippen molar-refractivity contribution in [3.05, 3.63) is 52.8 Å². The minimum absolute atomic E-state index is 0.0568. The van der Waals surface area contributed by atoms with E-state index < -0.39 is 0 Å². The van der Waals surface area contributed by atoms with Gasteiger partial charge in [0.2, 0.25) is 0 Å². The Morgan fingerprint density at radius 3 is 3.00 bits per heavy atom.